The fraction of sp³-hybridized carbons (Fsp3) is 0.115. The molecule has 1 heterocycles. The van der Waals surface area contributed by atoms with E-state index in [9.17, 15) is 14.4 Å². The van der Waals surface area contributed by atoms with Crippen LogP contribution in [0, 0.1) is 6.92 Å². The summed E-state index contributed by atoms with van der Waals surface area (Å²) >= 11 is 12.2. The number of hydrogen-bond donors (Lipinski definition) is 2. The van der Waals surface area contributed by atoms with Crippen molar-refractivity contribution in [1.29, 1.82) is 0 Å². The van der Waals surface area contributed by atoms with Gasteiger partial charge in [0.05, 0.1) is 19.9 Å². The predicted octanol–water partition coefficient (Wildman–Crippen LogP) is 5.35. The van der Waals surface area contributed by atoms with Crippen molar-refractivity contribution in [1.82, 2.24) is 0 Å². The summed E-state index contributed by atoms with van der Waals surface area (Å²) in [5, 5.41) is 6.03. The molecule has 0 aliphatic carbocycles. The molecule has 36 heavy (non-hydrogen) atoms. The highest BCUT2D eigenvalue weighted by atomic mass is 35.5. The first kappa shape index (κ1) is 25.1. The maximum atomic E-state index is 13.2. The van der Waals surface area contributed by atoms with Gasteiger partial charge in [-0.3, -0.25) is 14.4 Å². The van der Waals surface area contributed by atoms with Crippen LogP contribution in [0.1, 0.15) is 15.9 Å². The van der Waals surface area contributed by atoms with Gasteiger partial charge in [0.1, 0.15) is 22.2 Å². The Labute approximate surface area is 217 Å². The highest BCUT2D eigenvalue weighted by Crippen LogP contribution is 2.38. The molecule has 8 nitrogen and oxygen atoms in total. The number of halogens is 2. The molecule has 184 valence electrons. The van der Waals surface area contributed by atoms with E-state index >= 15 is 0 Å². The number of nitrogens with one attached hydrogen (secondary N) is 2. The quantitative estimate of drug-likeness (QED) is 0.403. The van der Waals surface area contributed by atoms with E-state index in [1.165, 1.54) is 20.3 Å². The Morgan fingerprint density at radius 1 is 0.889 bits per heavy atom. The number of rotatable bonds is 7. The molecule has 1 aliphatic heterocycles. The van der Waals surface area contributed by atoms with Gasteiger partial charge >= 0.3 is 0 Å². The lowest BCUT2D eigenvalue weighted by atomic mass is 10.1. The molecule has 0 radical (unpaired) electrons. The second-order valence-corrected chi connectivity index (χ2v) is 8.60. The number of benzene rings is 3. The van der Waals surface area contributed by atoms with Crippen LogP contribution in [0.4, 0.5) is 17.1 Å². The standard InChI is InChI=1S/C26H21Cl2N3O5/c1-14-12-16(27)6-10-19(14)30-24(32)15-4-7-17(8-5-15)29-23-22(28)25(33)31(26(23)34)20-13-18(35-2)9-11-21(20)36-3/h4-13,29H,1-3H3,(H,30,32). The largest absolute Gasteiger partial charge is 0.497 e. The summed E-state index contributed by atoms with van der Waals surface area (Å²) in [5.41, 5.74) is 2.44. The molecule has 3 amide bonds. The van der Waals surface area contributed by atoms with E-state index in [1.807, 2.05) is 6.92 Å². The number of amides is 3. The highest BCUT2D eigenvalue weighted by Gasteiger charge is 2.40. The van der Waals surface area contributed by atoms with Crippen molar-refractivity contribution < 1.29 is 23.9 Å². The van der Waals surface area contributed by atoms with Gasteiger partial charge in [0, 0.05) is 28.0 Å². The number of carbonyl (C=O) groups excluding carboxylic acids is 3. The number of imide groups is 1. The SMILES string of the molecule is COc1ccc(OC)c(N2C(=O)C(Cl)=C(Nc3ccc(C(=O)Nc4ccc(Cl)cc4C)cc3)C2=O)c1. The Balaban J connectivity index is 1.52. The molecule has 3 aromatic carbocycles. The van der Waals surface area contributed by atoms with E-state index in [1.54, 1.807) is 54.6 Å². The van der Waals surface area contributed by atoms with Gasteiger partial charge < -0.3 is 20.1 Å². The van der Waals surface area contributed by atoms with Gasteiger partial charge in [-0.15, -0.1) is 0 Å². The number of methoxy groups -OCH3 is 2. The minimum Gasteiger partial charge on any atom is -0.497 e. The average Bonchev–Trinajstić information content (AvgIpc) is 3.08. The van der Waals surface area contributed by atoms with Crippen molar-refractivity contribution in [3.05, 3.63) is 87.5 Å². The minimum atomic E-state index is -0.704. The van der Waals surface area contributed by atoms with Crippen molar-refractivity contribution in [3.63, 3.8) is 0 Å². The minimum absolute atomic E-state index is 0.0967. The van der Waals surface area contributed by atoms with E-state index < -0.39 is 11.8 Å². The zero-order valence-corrected chi connectivity index (χ0v) is 21.0. The van der Waals surface area contributed by atoms with Gasteiger partial charge in [0.15, 0.2) is 0 Å². The van der Waals surface area contributed by atoms with Crippen molar-refractivity contribution in [3.8, 4) is 11.5 Å². The molecule has 0 aromatic heterocycles. The van der Waals surface area contributed by atoms with Crippen LogP contribution in [0.2, 0.25) is 5.02 Å². The predicted molar refractivity (Wildman–Crippen MR) is 139 cm³/mol. The van der Waals surface area contributed by atoms with Crippen molar-refractivity contribution in [2.75, 3.05) is 29.8 Å². The Bertz CT molecular complexity index is 1400. The van der Waals surface area contributed by atoms with Crippen LogP contribution >= 0.6 is 23.2 Å². The summed E-state index contributed by atoms with van der Waals surface area (Å²) in [6.45, 7) is 1.84. The third-order valence-corrected chi connectivity index (χ3v) is 6.09. The first-order valence-electron chi connectivity index (χ1n) is 10.7. The third kappa shape index (κ3) is 4.86. The molecular weight excluding hydrogens is 505 g/mol. The molecule has 0 unspecified atom stereocenters. The van der Waals surface area contributed by atoms with E-state index in [0.29, 0.717) is 33.5 Å². The lowest BCUT2D eigenvalue weighted by molar-refractivity contribution is -0.120. The van der Waals surface area contributed by atoms with Gasteiger partial charge in [-0.2, -0.15) is 0 Å². The summed E-state index contributed by atoms with van der Waals surface area (Å²) in [6.07, 6.45) is 0. The van der Waals surface area contributed by atoms with Crippen LogP contribution in [0.5, 0.6) is 11.5 Å². The van der Waals surface area contributed by atoms with Crippen LogP contribution in [0.25, 0.3) is 0 Å². The number of aryl methyl sites for hydroxylation is 1. The maximum absolute atomic E-state index is 13.2. The number of hydrogen-bond acceptors (Lipinski definition) is 6. The fourth-order valence-corrected chi connectivity index (χ4v) is 4.05. The smallest absolute Gasteiger partial charge is 0.283 e. The Morgan fingerprint density at radius 2 is 1.61 bits per heavy atom. The summed E-state index contributed by atoms with van der Waals surface area (Å²) in [7, 11) is 2.90. The second-order valence-electron chi connectivity index (χ2n) is 7.79. The molecule has 3 aromatic rings. The number of nitrogens with zero attached hydrogens (tertiary/aromatic N) is 1. The van der Waals surface area contributed by atoms with Gasteiger partial charge in [-0.25, -0.2) is 4.90 Å². The van der Waals surface area contributed by atoms with Gasteiger partial charge in [-0.1, -0.05) is 23.2 Å². The van der Waals surface area contributed by atoms with Gasteiger partial charge in [0.25, 0.3) is 17.7 Å². The first-order chi connectivity index (χ1) is 17.2. The van der Waals surface area contributed by atoms with Crippen LogP contribution in [0.3, 0.4) is 0 Å². The average molecular weight is 526 g/mol. The fourth-order valence-electron chi connectivity index (χ4n) is 3.61. The first-order valence-corrected chi connectivity index (χ1v) is 11.4. The monoisotopic (exact) mass is 525 g/mol. The molecule has 0 saturated heterocycles. The molecule has 4 rings (SSSR count). The van der Waals surface area contributed by atoms with E-state index in [4.69, 9.17) is 32.7 Å². The molecule has 0 saturated carbocycles. The Kier molecular flexibility index (Phi) is 7.19. The molecular formula is C26H21Cl2N3O5. The summed E-state index contributed by atoms with van der Waals surface area (Å²) in [6, 6.07) is 16.3. The topological polar surface area (TPSA) is 97.0 Å². The van der Waals surface area contributed by atoms with E-state index in [0.717, 1.165) is 10.5 Å². The van der Waals surface area contributed by atoms with Crippen molar-refractivity contribution in [2.45, 2.75) is 6.92 Å². The third-order valence-electron chi connectivity index (χ3n) is 5.51. The lowest BCUT2D eigenvalue weighted by Gasteiger charge is -2.19. The normalized spacial score (nSPS) is 13.2. The van der Waals surface area contributed by atoms with Gasteiger partial charge in [0.2, 0.25) is 0 Å². The van der Waals surface area contributed by atoms with E-state index in [-0.39, 0.29) is 22.3 Å². The van der Waals surface area contributed by atoms with E-state index in [2.05, 4.69) is 10.6 Å². The lowest BCUT2D eigenvalue weighted by Crippen LogP contribution is -2.32. The summed E-state index contributed by atoms with van der Waals surface area (Å²) < 4.78 is 10.5. The molecule has 0 bridgehead atoms. The molecule has 0 atom stereocenters. The van der Waals surface area contributed by atoms with Crippen LogP contribution in [0.15, 0.2) is 71.4 Å². The maximum Gasteiger partial charge on any atom is 0.283 e. The summed E-state index contributed by atoms with van der Waals surface area (Å²) in [5.74, 6) is -0.935. The summed E-state index contributed by atoms with van der Waals surface area (Å²) in [4.78, 5) is 39.6. The molecule has 0 spiro atoms. The number of anilines is 3. The highest BCUT2D eigenvalue weighted by molar-refractivity contribution is 6.53. The molecule has 2 N–H and O–H groups in total. The van der Waals surface area contributed by atoms with Crippen molar-refractivity contribution in [2.24, 2.45) is 0 Å². The van der Waals surface area contributed by atoms with Crippen LogP contribution in [-0.2, 0) is 9.59 Å². The Morgan fingerprint density at radius 3 is 2.25 bits per heavy atom. The zero-order valence-electron chi connectivity index (χ0n) is 19.5. The number of ether oxygens (including phenoxy) is 2. The molecule has 0 fully saturated rings. The molecule has 10 heteroatoms. The molecule has 1 aliphatic rings. The van der Waals surface area contributed by atoms with Crippen LogP contribution < -0.4 is 25.0 Å². The van der Waals surface area contributed by atoms with Crippen molar-refractivity contribution >= 4 is 58.0 Å². The second kappa shape index (κ2) is 10.3. The Hall–Kier alpha value is -4.01. The van der Waals surface area contributed by atoms with Crippen LogP contribution in [-0.4, -0.2) is 31.9 Å². The number of carbonyl (C=O) groups is 3. The van der Waals surface area contributed by atoms with Gasteiger partial charge in [-0.05, 0) is 67.1 Å². The zero-order chi connectivity index (χ0) is 26.0.